The van der Waals surface area contributed by atoms with Gasteiger partial charge in [-0.15, -0.1) is 0 Å². The fraction of sp³-hybridized carbons (Fsp3) is 0.930. The lowest BCUT2D eigenvalue weighted by Crippen LogP contribution is -2.31. The Morgan fingerprint density at radius 1 is 0.469 bits per heavy atom. The van der Waals surface area contributed by atoms with E-state index in [1.54, 1.807) is 0 Å². The van der Waals surface area contributed by atoms with Gasteiger partial charge >= 0.3 is 11.9 Å². The van der Waals surface area contributed by atoms with E-state index in [0.29, 0.717) is 26.0 Å². The molecule has 0 saturated carbocycles. The molecule has 0 aliphatic carbocycles. The van der Waals surface area contributed by atoms with Gasteiger partial charge in [0.25, 0.3) is 0 Å². The van der Waals surface area contributed by atoms with Crippen LogP contribution in [0.4, 0.5) is 0 Å². The molecule has 1 N–H and O–H groups in total. The average molecular weight is 694 g/mol. The van der Waals surface area contributed by atoms with Gasteiger partial charge in [0, 0.05) is 31.7 Å². The lowest BCUT2D eigenvalue weighted by Gasteiger charge is -2.18. The Morgan fingerprint density at radius 2 is 0.878 bits per heavy atom. The van der Waals surface area contributed by atoms with Crippen molar-refractivity contribution in [3.63, 3.8) is 0 Å². The fourth-order valence-electron chi connectivity index (χ4n) is 6.44. The van der Waals surface area contributed by atoms with Crippen LogP contribution in [0.1, 0.15) is 233 Å². The number of carbonyl (C=O) groups is 3. The van der Waals surface area contributed by atoms with E-state index >= 15 is 0 Å². The Labute approximate surface area is 304 Å². The van der Waals surface area contributed by atoms with E-state index < -0.39 is 0 Å². The second-order valence-electron chi connectivity index (χ2n) is 14.8. The van der Waals surface area contributed by atoms with Crippen LogP contribution in [-0.2, 0) is 23.9 Å². The minimum Gasteiger partial charge on any atom is -0.465 e. The SMILES string of the molecule is CCCCCCCCCCCCCCCC(=O)NCC(CC)COC(=O)CCCC(=O)OC(CCCCCCCC)CCCCCCCC. The quantitative estimate of drug-likeness (QED) is 0.0514. The first-order valence-corrected chi connectivity index (χ1v) is 21.6. The Balaban J connectivity index is 4.05. The molecule has 6 heteroatoms. The summed E-state index contributed by atoms with van der Waals surface area (Å²) in [5.74, 6) is -0.264. The van der Waals surface area contributed by atoms with Crippen molar-refractivity contribution < 1.29 is 23.9 Å². The van der Waals surface area contributed by atoms with Crippen molar-refractivity contribution in [2.75, 3.05) is 13.2 Å². The number of ether oxygens (including phenoxy) is 2. The lowest BCUT2D eigenvalue weighted by molar-refractivity contribution is -0.150. The fourth-order valence-corrected chi connectivity index (χ4v) is 6.44. The van der Waals surface area contributed by atoms with Crippen molar-refractivity contribution in [1.29, 1.82) is 0 Å². The molecule has 290 valence electrons. The molecule has 0 bridgehead atoms. The zero-order chi connectivity index (χ0) is 36.0. The molecule has 0 spiro atoms. The highest BCUT2D eigenvalue weighted by Crippen LogP contribution is 2.18. The van der Waals surface area contributed by atoms with Crippen LogP contribution in [0.3, 0.4) is 0 Å². The van der Waals surface area contributed by atoms with Gasteiger partial charge in [-0.3, -0.25) is 14.4 Å². The first kappa shape index (κ1) is 47.4. The molecule has 0 heterocycles. The average Bonchev–Trinajstić information content (AvgIpc) is 3.09. The molecule has 1 amide bonds. The van der Waals surface area contributed by atoms with Crippen LogP contribution in [0.25, 0.3) is 0 Å². The zero-order valence-corrected chi connectivity index (χ0v) is 33.2. The van der Waals surface area contributed by atoms with E-state index in [2.05, 4.69) is 33.0 Å². The van der Waals surface area contributed by atoms with Gasteiger partial charge in [0.1, 0.15) is 6.10 Å². The molecule has 0 aromatic heterocycles. The second kappa shape index (κ2) is 37.7. The van der Waals surface area contributed by atoms with E-state index in [1.807, 2.05) is 0 Å². The summed E-state index contributed by atoms with van der Waals surface area (Å²) in [4.78, 5) is 37.4. The number of esters is 2. The first-order valence-electron chi connectivity index (χ1n) is 21.6. The number of unbranched alkanes of at least 4 members (excludes halogenated alkanes) is 22. The van der Waals surface area contributed by atoms with Gasteiger partial charge < -0.3 is 14.8 Å². The Kier molecular flexibility index (Phi) is 36.4. The normalized spacial score (nSPS) is 11.9. The summed E-state index contributed by atoms with van der Waals surface area (Å²) in [6.07, 6.45) is 36.0. The number of amides is 1. The standard InChI is InChI=1S/C43H83NO5/c1-5-9-12-15-18-19-20-21-22-23-24-27-30-34-41(45)44-37-39(8-4)38-48-42(46)35-31-36-43(47)49-40(32-28-25-16-13-10-6-2)33-29-26-17-14-11-7-3/h39-40H,5-38H2,1-4H3,(H,44,45). The maximum absolute atomic E-state index is 12.6. The van der Waals surface area contributed by atoms with Gasteiger partial charge in [-0.25, -0.2) is 0 Å². The summed E-state index contributed by atoms with van der Waals surface area (Å²) in [7, 11) is 0. The third kappa shape index (κ3) is 34.6. The molecule has 1 atom stereocenters. The smallest absolute Gasteiger partial charge is 0.306 e. The van der Waals surface area contributed by atoms with Crippen molar-refractivity contribution in [2.45, 2.75) is 239 Å². The highest BCUT2D eigenvalue weighted by atomic mass is 16.5. The number of hydrogen-bond acceptors (Lipinski definition) is 5. The molecule has 49 heavy (non-hydrogen) atoms. The number of nitrogens with one attached hydrogen (secondary N) is 1. The van der Waals surface area contributed by atoms with Crippen LogP contribution in [0.15, 0.2) is 0 Å². The van der Waals surface area contributed by atoms with E-state index in [-0.39, 0.29) is 42.7 Å². The summed E-state index contributed by atoms with van der Waals surface area (Å²) in [6, 6.07) is 0. The minimum atomic E-state index is -0.278. The molecule has 1 unspecified atom stereocenters. The van der Waals surface area contributed by atoms with Crippen molar-refractivity contribution in [3.05, 3.63) is 0 Å². The summed E-state index contributed by atoms with van der Waals surface area (Å²) in [5, 5.41) is 3.04. The van der Waals surface area contributed by atoms with E-state index in [1.165, 1.54) is 135 Å². The van der Waals surface area contributed by atoms with Gasteiger partial charge in [0.15, 0.2) is 0 Å². The summed E-state index contributed by atoms with van der Waals surface area (Å²) in [5.41, 5.74) is 0. The van der Waals surface area contributed by atoms with Gasteiger partial charge in [0.05, 0.1) is 6.61 Å². The van der Waals surface area contributed by atoms with Crippen LogP contribution < -0.4 is 5.32 Å². The van der Waals surface area contributed by atoms with E-state index in [4.69, 9.17) is 9.47 Å². The molecule has 0 aromatic rings. The molecule has 0 aromatic carbocycles. The molecule has 0 aliphatic heterocycles. The molecule has 0 aliphatic rings. The molecule has 0 fully saturated rings. The first-order chi connectivity index (χ1) is 24.0. The van der Waals surface area contributed by atoms with Crippen molar-refractivity contribution in [3.8, 4) is 0 Å². The largest absolute Gasteiger partial charge is 0.465 e. The zero-order valence-electron chi connectivity index (χ0n) is 33.2. The van der Waals surface area contributed by atoms with Crippen molar-refractivity contribution in [2.24, 2.45) is 5.92 Å². The lowest BCUT2D eigenvalue weighted by atomic mass is 10.0. The Morgan fingerprint density at radius 3 is 1.33 bits per heavy atom. The Bertz CT molecular complexity index is 726. The summed E-state index contributed by atoms with van der Waals surface area (Å²) in [6.45, 7) is 9.63. The summed E-state index contributed by atoms with van der Waals surface area (Å²) < 4.78 is 11.4. The highest BCUT2D eigenvalue weighted by molar-refractivity contribution is 5.75. The van der Waals surface area contributed by atoms with E-state index in [0.717, 1.165) is 44.9 Å². The van der Waals surface area contributed by atoms with Gasteiger partial charge in [-0.05, 0) is 44.9 Å². The minimum absolute atomic E-state index is 0.00172. The maximum Gasteiger partial charge on any atom is 0.306 e. The van der Waals surface area contributed by atoms with Crippen molar-refractivity contribution in [1.82, 2.24) is 5.32 Å². The van der Waals surface area contributed by atoms with Crippen LogP contribution >= 0.6 is 0 Å². The third-order valence-corrected chi connectivity index (χ3v) is 9.97. The van der Waals surface area contributed by atoms with Gasteiger partial charge in [-0.2, -0.15) is 0 Å². The molecular formula is C43H83NO5. The van der Waals surface area contributed by atoms with Gasteiger partial charge in [-0.1, -0.05) is 169 Å². The van der Waals surface area contributed by atoms with Gasteiger partial charge in [0.2, 0.25) is 5.91 Å². The molecule has 0 radical (unpaired) electrons. The number of carbonyl (C=O) groups excluding carboxylic acids is 3. The molecule has 6 nitrogen and oxygen atoms in total. The van der Waals surface area contributed by atoms with Crippen molar-refractivity contribution >= 4 is 17.8 Å². The topological polar surface area (TPSA) is 81.7 Å². The van der Waals surface area contributed by atoms with Crippen LogP contribution in [-0.4, -0.2) is 37.1 Å². The van der Waals surface area contributed by atoms with Crippen LogP contribution in [0.2, 0.25) is 0 Å². The molecule has 0 saturated heterocycles. The summed E-state index contributed by atoms with van der Waals surface area (Å²) >= 11 is 0. The second-order valence-corrected chi connectivity index (χ2v) is 14.8. The highest BCUT2D eigenvalue weighted by Gasteiger charge is 2.16. The number of hydrogen-bond donors (Lipinski definition) is 1. The maximum atomic E-state index is 12.6. The van der Waals surface area contributed by atoms with Crippen LogP contribution in [0.5, 0.6) is 0 Å². The number of rotatable bonds is 38. The Hall–Kier alpha value is -1.59. The molecular weight excluding hydrogens is 610 g/mol. The molecule has 0 rings (SSSR count). The monoisotopic (exact) mass is 694 g/mol. The van der Waals surface area contributed by atoms with E-state index in [9.17, 15) is 14.4 Å². The third-order valence-electron chi connectivity index (χ3n) is 9.97. The predicted molar refractivity (Wildman–Crippen MR) is 208 cm³/mol. The predicted octanol–water partition coefficient (Wildman–Crippen LogP) is 12.7. The van der Waals surface area contributed by atoms with Crippen LogP contribution in [0, 0.1) is 5.92 Å².